The van der Waals surface area contributed by atoms with Crippen molar-refractivity contribution in [3.63, 3.8) is 0 Å². The van der Waals surface area contributed by atoms with Crippen LogP contribution in [0.5, 0.6) is 0 Å². The van der Waals surface area contributed by atoms with E-state index in [1.807, 2.05) is 0 Å². The highest BCUT2D eigenvalue weighted by molar-refractivity contribution is 5.98. The first kappa shape index (κ1) is 17.5. The topological polar surface area (TPSA) is 110 Å². The average molecular weight is 340 g/mol. The summed E-state index contributed by atoms with van der Waals surface area (Å²) in [5, 5.41) is 2.67. The number of carbonyl (C=O) groups excluding carboxylic acids is 1. The van der Waals surface area contributed by atoms with Crippen LogP contribution in [0.25, 0.3) is 0 Å². The quantitative estimate of drug-likeness (QED) is 0.689. The number of carbonyl (C=O) groups is 1. The Balaban J connectivity index is 2.60. The van der Waals surface area contributed by atoms with Crippen molar-refractivity contribution in [3.8, 4) is 0 Å². The lowest BCUT2D eigenvalue weighted by molar-refractivity contribution is -0.121. The summed E-state index contributed by atoms with van der Waals surface area (Å²) < 4.78 is 40.8. The van der Waals surface area contributed by atoms with Crippen LogP contribution in [0.15, 0.2) is 36.5 Å². The third-order valence-electron chi connectivity index (χ3n) is 2.94. The molecule has 0 bridgehead atoms. The van der Waals surface area contributed by atoms with Gasteiger partial charge in [-0.3, -0.25) is 4.79 Å². The number of primary amides is 1. The van der Waals surface area contributed by atoms with E-state index < -0.39 is 23.6 Å². The first-order valence-electron chi connectivity index (χ1n) is 6.87. The molecule has 24 heavy (non-hydrogen) atoms. The van der Waals surface area contributed by atoms with Gasteiger partial charge >= 0.3 is 6.30 Å². The summed E-state index contributed by atoms with van der Waals surface area (Å²) in [6.45, 7) is 0.491. The maximum atomic E-state index is 13.6. The van der Waals surface area contributed by atoms with Gasteiger partial charge in [0, 0.05) is 19.3 Å². The molecule has 0 aliphatic rings. The maximum Gasteiger partial charge on any atom is 0.490 e. The maximum absolute atomic E-state index is 13.6. The van der Waals surface area contributed by atoms with Crippen LogP contribution in [-0.2, 0) is 0 Å². The fourth-order valence-electron chi connectivity index (χ4n) is 1.95. The zero-order valence-corrected chi connectivity index (χ0v) is 12.4. The number of rotatable bonds is 6. The third-order valence-corrected chi connectivity index (χ3v) is 2.94. The van der Waals surface area contributed by atoms with Crippen LogP contribution in [0.1, 0.15) is 10.4 Å². The molecule has 0 aliphatic carbocycles. The molecular formula is C14H15F3N6O. The van der Waals surface area contributed by atoms with E-state index in [4.69, 9.17) is 11.5 Å². The highest BCUT2D eigenvalue weighted by Crippen LogP contribution is 2.37. The number of aromatic nitrogens is 2. The number of halogens is 3. The van der Waals surface area contributed by atoms with Gasteiger partial charge in [0.05, 0.1) is 5.69 Å². The predicted molar refractivity (Wildman–Crippen MR) is 82.7 cm³/mol. The van der Waals surface area contributed by atoms with Gasteiger partial charge in [-0.1, -0.05) is 18.2 Å². The highest BCUT2D eigenvalue weighted by atomic mass is 19.4. The smallest absolute Gasteiger partial charge is 0.365 e. The Hall–Kier alpha value is -2.88. The van der Waals surface area contributed by atoms with E-state index in [2.05, 4.69) is 15.3 Å². The van der Waals surface area contributed by atoms with Crippen molar-refractivity contribution < 1.29 is 18.0 Å². The van der Waals surface area contributed by atoms with Crippen LogP contribution in [0, 0.1) is 0 Å². The number of anilines is 3. The van der Waals surface area contributed by atoms with Crippen LogP contribution in [0.3, 0.4) is 0 Å². The number of para-hydroxylation sites is 1. The van der Waals surface area contributed by atoms with E-state index in [0.29, 0.717) is 0 Å². The monoisotopic (exact) mass is 340 g/mol. The molecule has 1 aromatic carbocycles. The molecule has 5 N–H and O–H groups in total. The summed E-state index contributed by atoms with van der Waals surface area (Å²) >= 11 is 0. The molecule has 2 rings (SSSR count). The van der Waals surface area contributed by atoms with Gasteiger partial charge < -0.3 is 16.8 Å². The molecule has 128 valence electrons. The lowest BCUT2D eigenvalue weighted by atomic mass is 10.2. The molecule has 1 amide bonds. The van der Waals surface area contributed by atoms with Gasteiger partial charge in [-0.2, -0.15) is 4.98 Å². The molecule has 10 heteroatoms. The van der Waals surface area contributed by atoms with E-state index in [-0.39, 0.29) is 29.6 Å². The third kappa shape index (κ3) is 3.90. The van der Waals surface area contributed by atoms with Crippen molar-refractivity contribution in [2.75, 3.05) is 23.3 Å². The fraction of sp³-hybridized carbons (Fsp3) is 0.214. The number of hydrogen-bond acceptors (Lipinski definition) is 6. The Kier molecular flexibility index (Phi) is 5.19. The fourth-order valence-corrected chi connectivity index (χ4v) is 1.95. The normalized spacial score (nSPS) is 11.2. The Morgan fingerprint density at radius 1 is 1.25 bits per heavy atom. The summed E-state index contributed by atoms with van der Waals surface area (Å²) in [5.74, 6) is -1.82. The van der Waals surface area contributed by atoms with Crippen molar-refractivity contribution in [2.24, 2.45) is 11.5 Å². The second kappa shape index (κ2) is 7.13. The number of hydrogen-bond donors (Lipinski definition) is 3. The number of alkyl halides is 3. The molecule has 7 nitrogen and oxygen atoms in total. The molecule has 2 aromatic rings. The number of nitrogens with two attached hydrogens (primary N) is 2. The molecule has 1 heterocycles. The molecule has 0 aliphatic heterocycles. The standard InChI is InChI=1S/C14H15F3N6O/c15-14(16,17)23(9-4-2-1-3-5-9)12-10(11(19)24)8-21-13(22-12)20-7-6-18/h1-5,8H,6-7,18H2,(H2,19,24)(H,20,21,22). The zero-order valence-electron chi connectivity index (χ0n) is 12.4. The second-order valence-electron chi connectivity index (χ2n) is 4.65. The number of nitrogens with zero attached hydrogens (tertiary/aromatic N) is 3. The van der Waals surface area contributed by atoms with Gasteiger partial charge in [0.15, 0.2) is 5.82 Å². The molecule has 0 atom stereocenters. The molecular weight excluding hydrogens is 325 g/mol. The van der Waals surface area contributed by atoms with Gasteiger partial charge in [-0.05, 0) is 12.1 Å². The molecule has 0 saturated heterocycles. The minimum absolute atomic E-state index is 0.0254. The van der Waals surface area contributed by atoms with Crippen LogP contribution < -0.4 is 21.7 Å². The van der Waals surface area contributed by atoms with Gasteiger partial charge in [0.25, 0.3) is 5.91 Å². The Morgan fingerprint density at radius 3 is 2.46 bits per heavy atom. The summed E-state index contributed by atoms with van der Waals surface area (Å²) in [7, 11) is 0. The Labute approximate surface area is 135 Å². The summed E-state index contributed by atoms with van der Waals surface area (Å²) in [6.07, 6.45) is -3.88. The van der Waals surface area contributed by atoms with E-state index in [0.717, 1.165) is 6.20 Å². The van der Waals surface area contributed by atoms with E-state index in [1.54, 1.807) is 6.07 Å². The molecule has 0 fully saturated rings. The Bertz CT molecular complexity index is 707. The summed E-state index contributed by atoms with van der Waals surface area (Å²) in [4.78, 5) is 19.1. The first-order valence-corrected chi connectivity index (χ1v) is 6.87. The van der Waals surface area contributed by atoms with Crippen LogP contribution >= 0.6 is 0 Å². The van der Waals surface area contributed by atoms with Crippen molar-refractivity contribution >= 4 is 23.4 Å². The minimum Gasteiger partial charge on any atom is -0.365 e. The summed E-state index contributed by atoms with van der Waals surface area (Å²) in [6, 6.07) is 6.93. The lowest BCUT2D eigenvalue weighted by Crippen LogP contribution is -2.36. The summed E-state index contributed by atoms with van der Waals surface area (Å²) in [5.41, 5.74) is 9.84. The zero-order chi connectivity index (χ0) is 17.7. The van der Waals surface area contributed by atoms with Gasteiger partial charge in [0.2, 0.25) is 5.95 Å². The van der Waals surface area contributed by atoms with Crippen molar-refractivity contribution in [1.82, 2.24) is 9.97 Å². The van der Waals surface area contributed by atoms with Gasteiger partial charge in [0.1, 0.15) is 5.56 Å². The van der Waals surface area contributed by atoms with E-state index in [9.17, 15) is 18.0 Å². The molecule has 0 radical (unpaired) electrons. The largest absolute Gasteiger partial charge is 0.490 e. The van der Waals surface area contributed by atoms with Crippen LogP contribution in [0.4, 0.5) is 30.6 Å². The SMILES string of the molecule is NCCNc1ncc(C(N)=O)c(N(c2ccccc2)C(F)(F)F)n1. The number of amides is 1. The van der Waals surface area contributed by atoms with Gasteiger partial charge in [-0.15, -0.1) is 13.2 Å². The second-order valence-corrected chi connectivity index (χ2v) is 4.65. The van der Waals surface area contributed by atoms with E-state index >= 15 is 0 Å². The van der Waals surface area contributed by atoms with Crippen molar-refractivity contribution in [2.45, 2.75) is 6.30 Å². The number of benzene rings is 1. The number of nitrogens with one attached hydrogen (secondary N) is 1. The van der Waals surface area contributed by atoms with Crippen LogP contribution in [0.2, 0.25) is 0 Å². The molecule has 1 aromatic heterocycles. The van der Waals surface area contributed by atoms with Crippen LogP contribution in [-0.4, -0.2) is 35.3 Å². The average Bonchev–Trinajstić information content (AvgIpc) is 2.52. The molecule has 0 spiro atoms. The lowest BCUT2D eigenvalue weighted by Gasteiger charge is -2.27. The Morgan fingerprint density at radius 2 is 1.92 bits per heavy atom. The highest BCUT2D eigenvalue weighted by Gasteiger charge is 2.41. The molecule has 0 saturated carbocycles. The van der Waals surface area contributed by atoms with E-state index in [1.165, 1.54) is 24.3 Å². The first-order chi connectivity index (χ1) is 11.3. The van der Waals surface area contributed by atoms with Crippen molar-refractivity contribution in [1.29, 1.82) is 0 Å². The minimum atomic E-state index is -4.83. The molecule has 0 unspecified atom stereocenters. The predicted octanol–water partition coefficient (Wildman–Crippen LogP) is 1.60. The van der Waals surface area contributed by atoms with Crippen molar-refractivity contribution in [3.05, 3.63) is 42.1 Å². The van der Waals surface area contributed by atoms with Gasteiger partial charge in [-0.25, -0.2) is 9.88 Å².